The number of nitrogens with one attached hydrogen (secondary N) is 1. The van der Waals surface area contributed by atoms with E-state index in [-0.39, 0.29) is 0 Å². The molecule has 0 spiro atoms. The average molecular weight is 314 g/mol. The fourth-order valence-corrected chi connectivity index (χ4v) is 3.03. The van der Waals surface area contributed by atoms with Crippen LogP contribution in [-0.2, 0) is 19.4 Å². The van der Waals surface area contributed by atoms with Gasteiger partial charge in [0.25, 0.3) is 0 Å². The van der Waals surface area contributed by atoms with Crippen molar-refractivity contribution in [1.29, 1.82) is 0 Å². The monoisotopic (exact) mass is 313 g/mol. The van der Waals surface area contributed by atoms with Gasteiger partial charge in [0, 0.05) is 12.6 Å². The Bertz CT molecular complexity index is 383. The molecule has 1 heterocycles. The van der Waals surface area contributed by atoms with Crippen molar-refractivity contribution in [3.63, 3.8) is 0 Å². The van der Waals surface area contributed by atoms with Gasteiger partial charge in [-0.3, -0.25) is 4.68 Å². The molecule has 1 aliphatic rings. The van der Waals surface area contributed by atoms with Gasteiger partial charge >= 0.3 is 0 Å². The largest absolute Gasteiger partial charge is 0.314 e. The fourth-order valence-electron chi connectivity index (χ4n) is 2.27. The molecule has 1 saturated carbocycles. The molecule has 18 heavy (non-hydrogen) atoms. The third kappa shape index (κ3) is 3.58. The first-order chi connectivity index (χ1) is 8.76. The van der Waals surface area contributed by atoms with Crippen LogP contribution in [0.1, 0.15) is 50.9 Å². The summed E-state index contributed by atoms with van der Waals surface area (Å²) in [5.41, 5.74) is 2.57. The van der Waals surface area contributed by atoms with Gasteiger partial charge < -0.3 is 5.32 Å². The number of hydrogen-bond acceptors (Lipinski definition) is 2. The zero-order valence-electron chi connectivity index (χ0n) is 11.5. The van der Waals surface area contributed by atoms with Crippen molar-refractivity contribution >= 4 is 15.9 Å². The summed E-state index contributed by atoms with van der Waals surface area (Å²) in [6, 6.07) is 0.838. The van der Waals surface area contributed by atoms with Crippen LogP contribution in [0.2, 0.25) is 0 Å². The van der Waals surface area contributed by atoms with Crippen LogP contribution in [-0.4, -0.2) is 22.4 Å². The highest BCUT2D eigenvalue weighted by Gasteiger charge is 2.19. The van der Waals surface area contributed by atoms with E-state index >= 15 is 0 Å². The number of aromatic nitrogens is 2. The van der Waals surface area contributed by atoms with Gasteiger partial charge in [-0.1, -0.05) is 6.92 Å². The standard InChI is InChI=1S/C14H24BrN3/c1-3-12-14(15)13(18(4-2)17-12)7-5-6-10-16-11-8-9-11/h11,16H,3-10H2,1-2H3. The zero-order chi connectivity index (χ0) is 13.0. The first-order valence-corrected chi connectivity index (χ1v) is 8.03. The van der Waals surface area contributed by atoms with Crippen molar-refractivity contribution in [2.24, 2.45) is 0 Å². The minimum Gasteiger partial charge on any atom is -0.314 e. The molecule has 2 rings (SSSR count). The lowest BCUT2D eigenvalue weighted by Gasteiger charge is -2.06. The second-order valence-corrected chi connectivity index (χ2v) is 5.86. The van der Waals surface area contributed by atoms with Gasteiger partial charge in [0.1, 0.15) is 0 Å². The molecule has 0 unspecified atom stereocenters. The molecule has 1 fully saturated rings. The fraction of sp³-hybridized carbons (Fsp3) is 0.786. The molecular weight excluding hydrogens is 290 g/mol. The Balaban J connectivity index is 1.80. The van der Waals surface area contributed by atoms with E-state index in [0.717, 1.165) is 25.4 Å². The van der Waals surface area contributed by atoms with Gasteiger partial charge in [-0.05, 0) is 67.9 Å². The summed E-state index contributed by atoms with van der Waals surface area (Å²) in [5.74, 6) is 0. The summed E-state index contributed by atoms with van der Waals surface area (Å²) in [6.07, 6.45) is 7.41. The van der Waals surface area contributed by atoms with Crippen molar-refractivity contribution < 1.29 is 0 Å². The second-order valence-electron chi connectivity index (χ2n) is 5.06. The van der Waals surface area contributed by atoms with Crippen LogP contribution >= 0.6 is 15.9 Å². The number of halogens is 1. The lowest BCUT2D eigenvalue weighted by atomic mass is 10.1. The van der Waals surface area contributed by atoms with E-state index in [9.17, 15) is 0 Å². The van der Waals surface area contributed by atoms with E-state index in [2.05, 4.69) is 44.9 Å². The maximum absolute atomic E-state index is 4.64. The van der Waals surface area contributed by atoms with E-state index in [1.807, 2.05) is 0 Å². The molecule has 0 radical (unpaired) electrons. The SMILES string of the molecule is CCc1nn(CC)c(CCCCNC2CC2)c1Br. The molecule has 0 aliphatic heterocycles. The summed E-state index contributed by atoms with van der Waals surface area (Å²) < 4.78 is 3.39. The Labute approximate surface area is 118 Å². The van der Waals surface area contributed by atoms with Crippen LogP contribution in [0.3, 0.4) is 0 Å². The number of rotatable bonds is 8. The first kappa shape index (κ1) is 14.1. The molecule has 1 aromatic rings. The van der Waals surface area contributed by atoms with Gasteiger partial charge in [-0.15, -0.1) is 0 Å². The molecule has 0 amide bonds. The second kappa shape index (κ2) is 6.71. The van der Waals surface area contributed by atoms with Crippen molar-refractivity contribution in [1.82, 2.24) is 15.1 Å². The lowest BCUT2D eigenvalue weighted by Crippen LogP contribution is -2.17. The zero-order valence-corrected chi connectivity index (χ0v) is 13.1. The minimum absolute atomic E-state index is 0.838. The number of nitrogens with zero attached hydrogens (tertiary/aromatic N) is 2. The van der Waals surface area contributed by atoms with Crippen LogP contribution in [0.4, 0.5) is 0 Å². The topological polar surface area (TPSA) is 29.9 Å². The van der Waals surface area contributed by atoms with Crippen molar-refractivity contribution in [3.8, 4) is 0 Å². The Hall–Kier alpha value is -0.350. The molecule has 1 aromatic heterocycles. The van der Waals surface area contributed by atoms with Crippen molar-refractivity contribution in [2.45, 2.75) is 65.0 Å². The van der Waals surface area contributed by atoms with E-state index in [0.29, 0.717) is 0 Å². The van der Waals surface area contributed by atoms with Crippen LogP contribution in [0.25, 0.3) is 0 Å². The molecule has 3 nitrogen and oxygen atoms in total. The Morgan fingerprint density at radius 3 is 2.72 bits per heavy atom. The molecule has 4 heteroatoms. The maximum atomic E-state index is 4.64. The number of hydrogen-bond donors (Lipinski definition) is 1. The van der Waals surface area contributed by atoms with Crippen LogP contribution < -0.4 is 5.32 Å². The van der Waals surface area contributed by atoms with E-state index in [1.165, 1.54) is 48.1 Å². The van der Waals surface area contributed by atoms with Crippen LogP contribution in [0, 0.1) is 0 Å². The average Bonchev–Trinajstić information content (AvgIpc) is 3.15. The predicted molar refractivity (Wildman–Crippen MR) is 78.9 cm³/mol. The number of aryl methyl sites for hydroxylation is 2. The molecule has 1 N–H and O–H groups in total. The Morgan fingerprint density at radius 1 is 1.33 bits per heavy atom. The molecule has 0 bridgehead atoms. The number of unbranched alkanes of at least 4 members (excludes halogenated alkanes) is 1. The molecule has 102 valence electrons. The van der Waals surface area contributed by atoms with Crippen molar-refractivity contribution in [3.05, 3.63) is 15.9 Å². The van der Waals surface area contributed by atoms with Crippen molar-refractivity contribution in [2.75, 3.05) is 6.54 Å². The van der Waals surface area contributed by atoms with Gasteiger partial charge in [0.15, 0.2) is 0 Å². The van der Waals surface area contributed by atoms with E-state index < -0.39 is 0 Å². The highest BCUT2D eigenvalue weighted by molar-refractivity contribution is 9.10. The molecular formula is C14H24BrN3. The minimum atomic E-state index is 0.838. The quantitative estimate of drug-likeness (QED) is 0.746. The predicted octanol–water partition coefficient (Wildman–Crippen LogP) is 3.30. The summed E-state index contributed by atoms with van der Waals surface area (Å²) in [7, 11) is 0. The molecule has 0 aromatic carbocycles. The van der Waals surface area contributed by atoms with Crippen LogP contribution in [0.15, 0.2) is 4.47 Å². The van der Waals surface area contributed by atoms with E-state index in [1.54, 1.807) is 0 Å². The van der Waals surface area contributed by atoms with Crippen LogP contribution in [0.5, 0.6) is 0 Å². The summed E-state index contributed by atoms with van der Waals surface area (Å²) in [4.78, 5) is 0. The summed E-state index contributed by atoms with van der Waals surface area (Å²) in [5, 5.41) is 8.21. The third-order valence-electron chi connectivity index (χ3n) is 3.54. The highest BCUT2D eigenvalue weighted by atomic mass is 79.9. The van der Waals surface area contributed by atoms with Gasteiger partial charge in [0.2, 0.25) is 0 Å². The Kier molecular flexibility index (Phi) is 5.25. The van der Waals surface area contributed by atoms with Gasteiger partial charge in [0.05, 0.1) is 15.9 Å². The summed E-state index contributed by atoms with van der Waals surface area (Å²) in [6.45, 7) is 6.46. The molecule has 0 saturated heterocycles. The molecule has 0 atom stereocenters. The maximum Gasteiger partial charge on any atom is 0.0766 e. The third-order valence-corrected chi connectivity index (χ3v) is 4.46. The van der Waals surface area contributed by atoms with E-state index in [4.69, 9.17) is 0 Å². The normalized spacial score (nSPS) is 15.3. The smallest absolute Gasteiger partial charge is 0.0766 e. The lowest BCUT2D eigenvalue weighted by molar-refractivity contribution is 0.577. The first-order valence-electron chi connectivity index (χ1n) is 7.23. The summed E-state index contributed by atoms with van der Waals surface area (Å²) >= 11 is 3.71. The van der Waals surface area contributed by atoms with Gasteiger partial charge in [-0.2, -0.15) is 5.10 Å². The Morgan fingerprint density at radius 2 is 2.11 bits per heavy atom. The molecule has 1 aliphatic carbocycles. The highest BCUT2D eigenvalue weighted by Crippen LogP contribution is 2.24. The van der Waals surface area contributed by atoms with Gasteiger partial charge in [-0.25, -0.2) is 0 Å².